The molecule has 3 rings (SSSR count). The van der Waals surface area contributed by atoms with Gasteiger partial charge < -0.3 is 14.4 Å². The summed E-state index contributed by atoms with van der Waals surface area (Å²) >= 11 is 0. The predicted molar refractivity (Wildman–Crippen MR) is 71.5 cm³/mol. The van der Waals surface area contributed by atoms with Crippen molar-refractivity contribution in [1.82, 2.24) is 14.9 Å². The van der Waals surface area contributed by atoms with E-state index in [1.807, 2.05) is 4.90 Å². The van der Waals surface area contributed by atoms with Crippen molar-refractivity contribution < 1.29 is 14.3 Å². The minimum atomic E-state index is 0.109. The highest BCUT2D eigenvalue weighted by molar-refractivity contribution is 5.81. The summed E-state index contributed by atoms with van der Waals surface area (Å²) < 4.78 is 10.8. The molecule has 0 unspecified atom stereocenters. The molecular formula is C14H19N3O3. The number of hydrogen-bond donors (Lipinski definition) is 0. The molecule has 1 aromatic rings. The zero-order valence-electron chi connectivity index (χ0n) is 11.6. The summed E-state index contributed by atoms with van der Waals surface area (Å²) in [5.74, 6) is 1.16. The number of amides is 1. The lowest BCUT2D eigenvalue weighted by atomic mass is 10.1. The first-order chi connectivity index (χ1) is 9.76. The van der Waals surface area contributed by atoms with Gasteiger partial charge in [0.1, 0.15) is 6.10 Å². The first-order valence-electron chi connectivity index (χ1n) is 7.09. The highest BCUT2D eigenvalue weighted by Crippen LogP contribution is 2.32. The number of carbonyl (C=O) groups is 1. The molecule has 1 aromatic heterocycles. The van der Waals surface area contributed by atoms with Gasteiger partial charge in [-0.2, -0.15) is 4.98 Å². The average molecular weight is 277 g/mol. The number of methoxy groups -OCH3 is 1. The SMILES string of the molecule is COc1nccc(OC2CCN(C(=O)C3CC3)CC2)n1. The van der Waals surface area contributed by atoms with Gasteiger partial charge in [0, 0.05) is 44.1 Å². The predicted octanol–water partition coefficient (Wildman–Crippen LogP) is 1.26. The van der Waals surface area contributed by atoms with Gasteiger partial charge in [0.15, 0.2) is 0 Å². The van der Waals surface area contributed by atoms with Crippen molar-refractivity contribution in [2.45, 2.75) is 31.8 Å². The zero-order chi connectivity index (χ0) is 13.9. The summed E-state index contributed by atoms with van der Waals surface area (Å²) in [6.45, 7) is 1.56. The van der Waals surface area contributed by atoms with Crippen LogP contribution < -0.4 is 9.47 Å². The van der Waals surface area contributed by atoms with Crippen LogP contribution in [0.25, 0.3) is 0 Å². The second-order valence-corrected chi connectivity index (χ2v) is 5.30. The van der Waals surface area contributed by atoms with Crippen LogP contribution in [-0.4, -0.2) is 47.1 Å². The summed E-state index contributed by atoms with van der Waals surface area (Å²) in [5.41, 5.74) is 0. The van der Waals surface area contributed by atoms with Gasteiger partial charge in [-0.15, -0.1) is 0 Å². The first-order valence-corrected chi connectivity index (χ1v) is 7.09. The van der Waals surface area contributed by atoms with Crippen LogP contribution in [0.5, 0.6) is 11.9 Å². The molecule has 0 N–H and O–H groups in total. The Labute approximate surface area is 118 Å². The summed E-state index contributed by atoms with van der Waals surface area (Å²) in [6.07, 6.45) is 5.56. The zero-order valence-corrected chi connectivity index (χ0v) is 11.6. The van der Waals surface area contributed by atoms with Gasteiger partial charge in [-0.1, -0.05) is 0 Å². The van der Waals surface area contributed by atoms with Crippen molar-refractivity contribution in [3.05, 3.63) is 12.3 Å². The molecule has 1 amide bonds. The Bertz CT molecular complexity index is 482. The molecule has 0 spiro atoms. The number of rotatable bonds is 4. The Balaban J connectivity index is 1.51. The second-order valence-electron chi connectivity index (χ2n) is 5.30. The van der Waals surface area contributed by atoms with E-state index in [4.69, 9.17) is 9.47 Å². The quantitative estimate of drug-likeness (QED) is 0.829. The molecule has 6 nitrogen and oxygen atoms in total. The Morgan fingerprint density at radius 1 is 1.30 bits per heavy atom. The first kappa shape index (κ1) is 13.1. The molecule has 108 valence electrons. The molecule has 2 fully saturated rings. The van der Waals surface area contributed by atoms with Crippen molar-refractivity contribution in [3.63, 3.8) is 0 Å². The molecule has 0 radical (unpaired) electrons. The van der Waals surface area contributed by atoms with Gasteiger partial charge >= 0.3 is 6.01 Å². The lowest BCUT2D eigenvalue weighted by Gasteiger charge is -2.32. The van der Waals surface area contributed by atoms with Crippen molar-refractivity contribution in [1.29, 1.82) is 0 Å². The summed E-state index contributed by atoms with van der Waals surface area (Å²) in [5, 5.41) is 0. The van der Waals surface area contributed by atoms with Crippen LogP contribution in [-0.2, 0) is 4.79 Å². The molecule has 1 aliphatic carbocycles. The van der Waals surface area contributed by atoms with Crippen molar-refractivity contribution >= 4 is 5.91 Å². The molecular weight excluding hydrogens is 258 g/mol. The van der Waals surface area contributed by atoms with Crippen LogP contribution in [0, 0.1) is 5.92 Å². The maximum Gasteiger partial charge on any atom is 0.319 e. The lowest BCUT2D eigenvalue weighted by molar-refractivity contribution is -0.134. The van der Waals surface area contributed by atoms with E-state index in [1.54, 1.807) is 12.3 Å². The number of nitrogens with zero attached hydrogens (tertiary/aromatic N) is 3. The van der Waals surface area contributed by atoms with E-state index in [0.29, 0.717) is 23.7 Å². The summed E-state index contributed by atoms with van der Waals surface area (Å²) in [7, 11) is 1.53. The van der Waals surface area contributed by atoms with Crippen molar-refractivity contribution in [2.24, 2.45) is 5.92 Å². The number of ether oxygens (including phenoxy) is 2. The van der Waals surface area contributed by atoms with Crippen molar-refractivity contribution in [3.8, 4) is 11.9 Å². The average Bonchev–Trinajstić information content (AvgIpc) is 3.32. The normalized spacial score (nSPS) is 19.8. The number of carbonyl (C=O) groups excluding carboxylic acids is 1. The van der Waals surface area contributed by atoms with Gasteiger partial charge in [-0.3, -0.25) is 4.79 Å². The highest BCUT2D eigenvalue weighted by atomic mass is 16.5. The largest absolute Gasteiger partial charge is 0.474 e. The van der Waals surface area contributed by atoms with E-state index in [9.17, 15) is 4.79 Å². The highest BCUT2D eigenvalue weighted by Gasteiger charge is 2.35. The Kier molecular flexibility index (Phi) is 3.71. The molecule has 1 saturated carbocycles. The molecule has 2 heterocycles. The minimum absolute atomic E-state index is 0.109. The summed E-state index contributed by atoms with van der Waals surface area (Å²) in [4.78, 5) is 22.0. The van der Waals surface area contributed by atoms with Gasteiger partial charge in [0.2, 0.25) is 11.8 Å². The van der Waals surface area contributed by atoms with Gasteiger partial charge in [0.05, 0.1) is 7.11 Å². The van der Waals surface area contributed by atoms with Gasteiger partial charge in [-0.25, -0.2) is 4.98 Å². The molecule has 0 bridgehead atoms. The maximum atomic E-state index is 12.0. The fraction of sp³-hybridized carbons (Fsp3) is 0.643. The van der Waals surface area contributed by atoms with Gasteiger partial charge in [-0.05, 0) is 12.8 Å². The van der Waals surface area contributed by atoms with E-state index in [1.165, 1.54) is 7.11 Å². The summed E-state index contributed by atoms with van der Waals surface area (Å²) in [6, 6.07) is 2.04. The number of aromatic nitrogens is 2. The molecule has 0 atom stereocenters. The third kappa shape index (κ3) is 3.00. The van der Waals surface area contributed by atoms with E-state index in [0.717, 1.165) is 38.8 Å². The third-order valence-electron chi connectivity index (χ3n) is 3.76. The molecule has 6 heteroatoms. The Hall–Kier alpha value is -1.85. The standard InChI is InChI=1S/C14H19N3O3/c1-19-14-15-7-4-12(16-14)20-11-5-8-17(9-6-11)13(18)10-2-3-10/h4,7,10-11H,2-3,5-6,8-9H2,1H3. The molecule has 2 aliphatic rings. The minimum Gasteiger partial charge on any atom is -0.474 e. The van der Waals surface area contributed by atoms with Crippen LogP contribution >= 0.6 is 0 Å². The number of hydrogen-bond acceptors (Lipinski definition) is 5. The van der Waals surface area contributed by atoms with Crippen molar-refractivity contribution in [2.75, 3.05) is 20.2 Å². The maximum absolute atomic E-state index is 12.0. The molecule has 20 heavy (non-hydrogen) atoms. The fourth-order valence-electron chi connectivity index (χ4n) is 2.44. The van der Waals surface area contributed by atoms with Crippen LogP contribution in [0.2, 0.25) is 0 Å². The van der Waals surface area contributed by atoms with Crippen LogP contribution in [0.3, 0.4) is 0 Å². The van der Waals surface area contributed by atoms with Gasteiger partial charge in [0.25, 0.3) is 0 Å². The number of piperidine rings is 1. The van der Waals surface area contributed by atoms with E-state index in [-0.39, 0.29) is 6.10 Å². The Morgan fingerprint density at radius 2 is 2.05 bits per heavy atom. The van der Waals surface area contributed by atoms with E-state index < -0.39 is 0 Å². The lowest BCUT2D eigenvalue weighted by Crippen LogP contribution is -2.42. The monoisotopic (exact) mass is 277 g/mol. The van der Waals surface area contributed by atoms with E-state index >= 15 is 0 Å². The third-order valence-corrected chi connectivity index (χ3v) is 3.76. The number of likely N-dealkylation sites (tertiary alicyclic amines) is 1. The van der Waals surface area contributed by atoms with Crippen LogP contribution in [0.15, 0.2) is 12.3 Å². The molecule has 0 aromatic carbocycles. The topological polar surface area (TPSA) is 64.6 Å². The van der Waals surface area contributed by atoms with Crippen LogP contribution in [0.1, 0.15) is 25.7 Å². The fourth-order valence-corrected chi connectivity index (χ4v) is 2.44. The molecule has 1 saturated heterocycles. The Morgan fingerprint density at radius 3 is 2.70 bits per heavy atom. The second kappa shape index (κ2) is 5.64. The molecule has 1 aliphatic heterocycles. The van der Waals surface area contributed by atoms with Crippen LogP contribution in [0.4, 0.5) is 0 Å². The smallest absolute Gasteiger partial charge is 0.319 e. The van der Waals surface area contributed by atoms with E-state index in [2.05, 4.69) is 9.97 Å².